The van der Waals surface area contributed by atoms with Crippen LogP contribution in [-0.4, -0.2) is 21.8 Å². The Morgan fingerprint density at radius 2 is 1.93 bits per heavy atom. The van der Waals surface area contributed by atoms with Gasteiger partial charge in [-0.05, 0) is 63.3 Å². The maximum atomic E-state index is 13.0. The van der Waals surface area contributed by atoms with Crippen molar-refractivity contribution >= 4 is 17.2 Å². The van der Waals surface area contributed by atoms with Gasteiger partial charge in [-0.25, -0.2) is 4.98 Å². The van der Waals surface area contributed by atoms with Crippen molar-refractivity contribution in [3.8, 4) is 5.75 Å². The van der Waals surface area contributed by atoms with Crippen molar-refractivity contribution < 1.29 is 9.53 Å². The molecule has 4 nitrogen and oxygen atoms in total. The summed E-state index contributed by atoms with van der Waals surface area (Å²) in [4.78, 5) is 19.8. The third-order valence-corrected chi connectivity index (χ3v) is 6.47. The molecule has 0 bridgehead atoms. The second kappa shape index (κ2) is 9.55. The van der Waals surface area contributed by atoms with Gasteiger partial charge in [-0.3, -0.25) is 4.79 Å². The summed E-state index contributed by atoms with van der Waals surface area (Å²) in [6.45, 7) is 9.50. The minimum absolute atomic E-state index is 0.208. The molecule has 28 heavy (non-hydrogen) atoms. The molecule has 1 aromatic heterocycles. The molecule has 1 aliphatic carbocycles. The van der Waals surface area contributed by atoms with E-state index in [4.69, 9.17) is 9.72 Å². The number of benzene rings is 1. The summed E-state index contributed by atoms with van der Waals surface area (Å²) in [5.74, 6) is 1.40. The zero-order valence-corrected chi connectivity index (χ0v) is 18.3. The van der Waals surface area contributed by atoms with E-state index < -0.39 is 0 Å². The van der Waals surface area contributed by atoms with Gasteiger partial charge in [0.15, 0.2) is 0 Å². The van der Waals surface area contributed by atoms with Gasteiger partial charge in [0, 0.05) is 17.3 Å². The predicted octanol–water partition coefficient (Wildman–Crippen LogP) is 5.66. The van der Waals surface area contributed by atoms with Crippen LogP contribution < -0.4 is 4.74 Å². The molecule has 5 heteroatoms. The molecule has 0 saturated heterocycles. The molecule has 3 rings (SSSR count). The number of amides is 1. The van der Waals surface area contributed by atoms with Crippen molar-refractivity contribution in [2.75, 3.05) is 0 Å². The summed E-state index contributed by atoms with van der Waals surface area (Å²) >= 11 is 1.61. The first-order valence-electron chi connectivity index (χ1n) is 10.4. The minimum Gasteiger partial charge on any atom is -0.486 e. The Bertz CT molecular complexity index is 775. The van der Waals surface area contributed by atoms with Crippen LogP contribution in [0.3, 0.4) is 0 Å². The van der Waals surface area contributed by atoms with E-state index in [0.717, 1.165) is 35.7 Å². The predicted molar refractivity (Wildman–Crippen MR) is 115 cm³/mol. The third-order valence-electron chi connectivity index (χ3n) is 5.60. The van der Waals surface area contributed by atoms with Crippen LogP contribution in [0, 0.1) is 19.8 Å². The van der Waals surface area contributed by atoms with Crippen LogP contribution in [0.1, 0.15) is 67.8 Å². The summed E-state index contributed by atoms with van der Waals surface area (Å²) in [6.07, 6.45) is 5.41. The summed E-state index contributed by atoms with van der Waals surface area (Å²) in [5.41, 5.74) is 3.37. The number of rotatable bonds is 8. The molecule has 1 aliphatic rings. The number of aromatic nitrogens is 1. The molecule has 1 aromatic carbocycles. The quantitative estimate of drug-likeness (QED) is 0.574. The van der Waals surface area contributed by atoms with E-state index in [1.165, 1.54) is 24.0 Å². The number of aryl methyl sites for hydroxylation is 2. The Kier molecular flexibility index (Phi) is 7.11. The molecule has 0 radical (unpaired) electrons. The van der Waals surface area contributed by atoms with Crippen LogP contribution in [0.15, 0.2) is 23.6 Å². The Morgan fingerprint density at radius 1 is 1.25 bits per heavy atom. The number of hydrogen-bond donors (Lipinski definition) is 0. The Balaban J connectivity index is 1.63. The van der Waals surface area contributed by atoms with Gasteiger partial charge in [-0.15, -0.1) is 11.3 Å². The van der Waals surface area contributed by atoms with Gasteiger partial charge in [0.25, 0.3) is 0 Å². The van der Waals surface area contributed by atoms with E-state index in [-0.39, 0.29) is 12.0 Å². The van der Waals surface area contributed by atoms with Crippen molar-refractivity contribution in [2.24, 2.45) is 5.92 Å². The highest BCUT2D eigenvalue weighted by Gasteiger charge is 2.29. The first-order chi connectivity index (χ1) is 13.5. The van der Waals surface area contributed by atoms with E-state index in [9.17, 15) is 4.79 Å². The van der Waals surface area contributed by atoms with Crippen LogP contribution in [0.2, 0.25) is 0 Å². The van der Waals surface area contributed by atoms with E-state index in [2.05, 4.69) is 39.1 Å². The number of carbonyl (C=O) groups is 1. The zero-order valence-electron chi connectivity index (χ0n) is 17.5. The third kappa shape index (κ3) is 5.34. The molecule has 1 fully saturated rings. The van der Waals surface area contributed by atoms with Gasteiger partial charge in [0.05, 0.1) is 12.2 Å². The SMILES string of the molecule is CCC(C)N(Cc1csc(COc2cc(C)cc(C)c2)n1)C(=O)C1CCCC1. The topological polar surface area (TPSA) is 42.4 Å². The minimum atomic E-state index is 0.208. The smallest absolute Gasteiger partial charge is 0.226 e. The number of hydrogen-bond acceptors (Lipinski definition) is 4. The molecule has 1 heterocycles. The Morgan fingerprint density at radius 3 is 2.57 bits per heavy atom. The molecule has 1 saturated carbocycles. The largest absolute Gasteiger partial charge is 0.486 e. The van der Waals surface area contributed by atoms with Crippen LogP contribution in [-0.2, 0) is 17.9 Å². The molecule has 0 aliphatic heterocycles. The lowest BCUT2D eigenvalue weighted by Crippen LogP contribution is -2.41. The lowest BCUT2D eigenvalue weighted by atomic mass is 10.0. The summed E-state index contributed by atoms with van der Waals surface area (Å²) in [7, 11) is 0. The number of ether oxygens (including phenoxy) is 1. The van der Waals surface area contributed by atoms with Crippen molar-refractivity contribution in [3.63, 3.8) is 0 Å². The first-order valence-corrected chi connectivity index (χ1v) is 11.3. The molecule has 0 spiro atoms. The van der Waals surface area contributed by atoms with Gasteiger partial charge in [0.1, 0.15) is 17.4 Å². The Labute approximate surface area is 172 Å². The maximum Gasteiger partial charge on any atom is 0.226 e. The molecular formula is C23H32N2O2S. The average molecular weight is 401 g/mol. The lowest BCUT2D eigenvalue weighted by Gasteiger charge is -2.30. The second-order valence-corrected chi connectivity index (χ2v) is 8.99. The van der Waals surface area contributed by atoms with Crippen LogP contribution in [0.25, 0.3) is 0 Å². The van der Waals surface area contributed by atoms with Crippen molar-refractivity contribution in [2.45, 2.75) is 79.0 Å². The Hall–Kier alpha value is -1.88. The maximum absolute atomic E-state index is 13.0. The lowest BCUT2D eigenvalue weighted by molar-refractivity contribution is -0.138. The van der Waals surface area contributed by atoms with Gasteiger partial charge in [0.2, 0.25) is 5.91 Å². The van der Waals surface area contributed by atoms with Crippen molar-refractivity contribution in [3.05, 3.63) is 45.4 Å². The molecule has 0 N–H and O–H groups in total. The second-order valence-electron chi connectivity index (χ2n) is 8.05. The van der Waals surface area contributed by atoms with Crippen molar-refractivity contribution in [1.82, 2.24) is 9.88 Å². The molecule has 1 amide bonds. The monoisotopic (exact) mass is 400 g/mol. The number of nitrogens with zero attached hydrogens (tertiary/aromatic N) is 2. The number of thiazole rings is 1. The van der Waals surface area contributed by atoms with E-state index >= 15 is 0 Å². The van der Waals surface area contributed by atoms with Crippen LogP contribution >= 0.6 is 11.3 Å². The van der Waals surface area contributed by atoms with E-state index in [0.29, 0.717) is 19.1 Å². The van der Waals surface area contributed by atoms with Crippen LogP contribution in [0.5, 0.6) is 5.75 Å². The van der Waals surface area contributed by atoms with E-state index in [1.807, 2.05) is 17.0 Å². The average Bonchev–Trinajstić information content (AvgIpc) is 3.34. The normalized spacial score (nSPS) is 15.6. The fraction of sp³-hybridized carbons (Fsp3) is 0.565. The molecule has 1 atom stereocenters. The molecule has 2 aromatic rings. The first kappa shape index (κ1) is 20.8. The summed E-state index contributed by atoms with van der Waals surface area (Å²) in [6, 6.07) is 6.47. The van der Waals surface area contributed by atoms with Crippen LogP contribution in [0.4, 0.5) is 0 Å². The fourth-order valence-electron chi connectivity index (χ4n) is 3.90. The standard InChI is InChI=1S/C23H32N2O2S/c1-5-18(4)25(23(26)19-8-6-7-9-19)13-20-15-28-22(24-20)14-27-21-11-16(2)10-17(3)12-21/h10-12,15,18-19H,5-9,13-14H2,1-4H3. The van der Waals surface area contributed by atoms with E-state index in [1.54, 1.807) is 11.3 Å². The fourth-order valence-corrected chi connectivity index (χ4v) is 4.60. The van der Waals surface area contributed by atoms with Gasteiger partial charge >= 0.3 is 0 Å². The van der Waals surface area contributed by atoms with Gasteiger partial charge in [-0.1, -0.05) is 25.8 Å². The molecular weight excluding hydrogens is 368 g/mol. The number of carbonyl (C=O) groups excluding carboxylic acids is 1. The highest BCUT2D eigenvalue weighted by molar-refractivity contribution is 7.09. The van der Waals surface area contributed by atoms with Gasteiger partial charge in [-0.2, -0.15) is 0 Å². The van der Waals surface area contributed by atoms with Gasteiger partial charge < -0.3 is 9.64 Å². The zero-order chi connectivity index (χ0) is 20.1. The molecule has 1 unspecified atom stereocenters. The highest BCUT2D eigenvalue weighted by Crippen LogP contribution is 2.28. The molecule has 152 valence electrons. The highest BCUT2D eigenvalue weighted by atomic mass is 32.1. The summed E-state index contributed by atoms with van der Waals surface area (Å²) in [5, 5.41) is 3.02. The van der Waals surface area contributed by atoms with Crippen molar-refractivity contribution in [1.29, 1.82) is 0 Å². The summed E-state index contributed by atoms with van der Waals surface area (Å²) < 4.78 is 5.94.